The fourth-order valence-corrected chi connectivity index (χ4v) is 0.313. The first-order valence-corrected chi connectivity index (χ1v) is 3.09. The summed E-state index contributed by atoms with van der Waals surface area (Å²) in [6, 6.07) is 5.22. The highest BCUT2D eigenvalue weighted by Crippen LogP contribution is 1.73. The molecular formula is C7H11N3O. The van der Waals surface area contributed by atoms with Crippen LogP contribution >= 0.6 is 0 Å². The van der Waals surface area contributed by atoms with Crippen molar-refractivity contribution in [2.75, 3.05) is 7.05 Å². The zero-order chi connectivity index (χ0) is 8.53. The molecule has 0 spiro atoms. The monoisotopic (exact) mass is 153 g/mol. The highest BCUT2D eigenvalue weighted by atomic mass is 16.2. The van der Waals surface area contributed by atoms with Crippen LogP contribution in [-0.4, -0.2) is 18.1 Å². The van der Waals surface area contributed by atoms with Gasteiger partial charge in [-0.15, -0.1) is 0 Å². The van der Waals surface area contributed by atoms with Gasteiger partial charge >= 0.3 is 6.03 Å². The van der Waals surface area contributed by atoms with Gasteiger partial charge in [-0.25, -0.2) is 4.79 Å². The van der Waals surface area contributed by atoms with Crippen molar-refractivity contribution >= 4 is 6.03 Å². The van der Waals surface area contributed by atoms with E-state index in [1.807, 2.05) is 18.2 Å². The Balaban J connectivity index is 0.000000187. The Hall–Kier alpha value is -1.58. The van der Waals surface area contributed by atoms with Gasteiger partial charge in [0.05, 0.1) is 0 Å². The van der Waals surface area contributed by atoms with Crippen LogP contribution in [0.1, 0.15) is 0 Å². The molecule has 0 aliphatic rings. The Labute approximate surface area is 65.4 Å². The Kier molecular flexibility index (Phi) is 5.60. The summed E-state index contributed by atoms with van der Waals surface area (Å²) in [5, 5.41) is 2.17. The summed E-state index contributed by atoms with van der Waals surface area (Å²) in [6.07, 6.45) is 3.50. The number of carbonyl (C=O) groups is 1. The lowest BCUT2D eigenvalue weighted by atomic mass is 10.5. The van der Waals surface area contributed by atoms with Crippen molar-refractivity contribution in [1.29, 1.82) is 0 Å². The van der Waals surface area contributed by atoms with Crippen molar-refractivity contribution < 1.29 is 4.79 Å². The molecule has 0 atom stereocenters. The van der Waals surface area contributed by atoms with E-state index in [9.17, 15) is 4.79 Å². The number of carbonyl (C=O) groups excluding carboxylic acids is 1. The van der Waals surface area contributed by atoms with Gasteiger partial charge in [0.2, 0.25) is 0 Å². The summed E-state index contributed by atoms with van der Waals surface area (Å²) in [7, 11) is 1.47. The van der Waals surface area contributed by atoms with Gasteiger partial charge in [-0.1, -0.05) is 6.07 Å². The first-order valence-electron chi connectivity index (χ1n) is 3.09. The Morgan fingerprint density at radius 1 is 1.36 bits per heavy atom. The molecule has 60 valence electrons. The van der Waals surface area contributed by atoms with E-state index in [1.54, 1.807) is 12.4 Å². The number of nitrogens with one attached hydrogen (secondary N) is 1. The number of aromatic nitrogens is 1. The van der Waals surface area contributed by atoms with Gasteiger partial charge in [0.25, 0.3) is 0 Å². The van der Waals surface area contributed by atoms with Crippen LogP contribution in [0.25, 0.3) is 0 Å². The van der Waals surface area contributed by atoms with Crippen molar-refractivity contribution in [3.8, 4) is 0 Å². The SMILES string of the molecule is CNC(N)=O.c1ccncc1. The molecule has 0 saturated carbocycles. The van der Waals surface area contributed by atoms with E-state index in [2.05, 4.69) is 16.0 Å². The summed E-state index contributed by atoms with van der Waals surface area (Å²) < 4.78 is 0. The van der Waals surface area contributed by atoms with E-state index in [-0.39, 0.29) is 0 Å². The normalized spacial score (nSPS) is 7.36. The quantitative estimate of drug-likeness (QED) is 0.565. The van der Waals surface area contributed by atoms with Gasteiger partial charge in [-0.05, 0) is 12.1 Å². The maximum atomic E-state index is 9.48. The second kappa shape index (κ2) is 6.54. The number of nitrogens with two attached hydrogens (primary N) is 1. The molecule has 0 unspecified atom stereocenters. The van der Waals surface area contributed by atoms with Crippen LogP contribution < -0.4 is 11.1 Å². The molecule has 2 amide bonds. The van der Waals surface area contributed by atoms with Crippen LogP contribution in [0.15, 0.2) is 30.6 Å². The van der Waals surface area contributed by atoms with E-state index >= 15 is 0 Å². The van der Waals surface area contributed by atoms with Crippen molar-refractivity contribution in [2.45, 2.75) is 0 Å². The zero-order valence-corrected chi connectivity index (χ0v) is 6.32. The van der Waals surface area contributed by atoms with Gasteiger partial charge in [-0.3, -0.25) is 4.98 Å². The smallest absolute Gasteiger partial charge is 0.311 e. The number of amides is 2. The molecule has 4 nitrogen and oxygen atoms in total. The number of hydrogen-bond acceptors (Lipinski definition) is 2. The minimum Gasteiger partial charge on any atom is -0.352 e. The van der Waals surface area contributed by atoms with Crippen molar-refractivity contribution in [3.63, 3.8) is 0 Å². The number of pyridine rings is 1. The number of nitrogens with zero attached hydrogens (tertiary/aromatic N) is 1. The maximum absolute atomic E-state index is 9.48. The van der Waals surface area contributed by atoms with E-state index in [1.165, 1.54) is 7.05 Å². The lowest BCUT2D eigenvalue weighted by Crippen LogP contribution is -2.24. The van der Waals surface area contributed by atoms with Crippen molar-refractivity contribution in [3.05, 3.63) is 30.6 Å². The highest BCUT2D eigenvalue weighted by molar-refractivity contribution is 5.71. The lowest BCUT2D eigenvalue weighted by Gasteiger charge is -1.80. The van der Waals surface area contributed by atoms with Crippen molar-refractivity contribution in [1.82, 2.24) is 10.3 Å². The molecule has 0 saturated heterocycles. The van der Waals surface area contributed by atoms with Crippen LogP contribution in [0.4, 0.5) is 4.79 Å². The fourth-order valence-electron chi connectivity index (χ4n) is 0.313. The molecule has 0 bridgehead atoms. The molecule has 1 aromatic rings. The first kappa shape index (κ1) is 9.42. The Morgan fingerprint density at radius 2 is 1.82 bits per heavy atom. The van der Waals surface area contributed by atoms with Crippen LogP contribution in [0.3, 0.4) is 0 Å². The third-order valence-corrected chi connectivity index (χ3v) is 0.813. The number of rotatable bonds is 0. The minimum absolute atomic E-state index is 0.495. The fraction of sp³-hybridized carbons (Fsp3) is 0.143. The van der Waals surface area contributed by atoms with E-state index < -0.39 is 6.03 Å². The maximum Gasteiger partial charge on any atom is 0.311 e. The largest absolute Gasteiger partial charge is 0.352 e. The molecule has 0 radical (unpaired) electrons. The van der Waals surface area contributed by atoms with Crippen LogP contribution in [0.2, 0.25) is 0 Å². The van der Waals surface area contributed by atoms with Gasteiger partial charge < -0.3 is 11.1 Å². The number of primary amides is 1. The van der Waals surface area contributed by atoms with E-state index in [4.69, 9.17) is 0 Å². The topological polar surface area (TPSA) is 68.0 Å². The van der Waals surface area contributed by atoms with Gasteiger partial charge in [-0.2, -0.15) is 0 Å². The molecule has 0 aromatic carbocycles. The summed E-state index contributed by atoms with van der Waals surface area (Å²) in [5.41, 5.74) is 4.54. The minimum atomic E-state index is -0.495. The third-order valence-electron chi connectivity index (χ3n) is 0.813. The molecule has 3 N–H and O–H groups in total. The summed E-state index contributed by atoms with van der Waals surface area (Å²) >= 11 is 0. The summed E-state index contributed by atoms with van der Waals surface area (Å²) in [5.74, 6) is 0. The highest BCUT2D eigenvalue weighted by Gasteiger charge is 1.72. The summed E-state index contributed by atoms with van der Waals surface area (Å²) in [4.78, 5) is 13.3. The van der Waals surface area contributed by atoms with Crippen LogP contribution in [-0.2, 0) is 0 Å². The predicted molar refractivity (Wildman–Crippen MR) is 42.9 cm³/mol. The second-order valence-corrected chi connectivity index (χ2v) is 1.64. The molecular weight excluding hydrogens is 142 g/mol. The third kappa shape index (κ3) is 8.42. The van der Waals surface area contributed by atoms with E-state index in [0.717, 1.165) is 0 Å². The van der Waals surface area contributed by atoms with Crippen molar-refractivity contribution in [2.24, 2.45) is 5.73 Å². The average molecular weight is 153 g/mol. The van der Waals surface area contributed by atoms with Gasteiger partial charge in [0.15, 0.2) is 0 Å². The number of urea groups is 1. The lowest BCUT2D eigenvalue weighted by molar-refractivity contribution is 0.251. The molecule has 0 aliphatic carbocycles. The standard InChI is InChI=1S/C5H5N.C2H6N2O/c1-2-4-6-5-3-1;1-4-2(3)5/h1-5H;1H3,(H3,3,4,5). The zero-order valence-electron chi connectivity index (χ0n) is 6.32. The predicted octanol–water partition coefficient (Wildman–Crippen LogP) is 0.366. The average Bonchev–Trinajstić information content (AvgIpc) is 2.09. The second-order valence-electron chi connectivity index (χ2n) is 1.64. The van der Waals surface area contributed by atoms with E-state index in [0.29, 0.717) is 0 Å². The van der Waals surface area contributed by atoms with Crippen LogP contribution in [0.5, 0.6) is 0 Å². The van der Waals surface area contributed by atoms with Gasteiger partial charge in [0, 0.05) is 19.4 Å². The molecule has 1 heterocycles. The molecule has 0 fully saturated rings. The molecule has 11 heavy (non-hydrogen) atoms. The molecule has 1 rings (SSSR count). The van der Waals surface area contributed by atoms with Crippen LogP contribution in [0, 0.1) is 0 Å². The first-order chi connectivity index (χ1) is 5.27. The molecule has 1 aromatic heterocycles. The Morgan fingerprint density at radius 3 is 1.91 bits per heavy atom. The molecule has 0 aliphatic heterocycles. The Bertz CT molecular complexity index is 161. The molecule has 4 heteroatoms. The number of hydrogen-bond donors (Lipinski definition) is 2. The van der Waals surface area contributed by atoms with Gasteiger partial charge in [0.1, 0.15) is 0 Å². The summed E-state index contributed by atoms with van der Waals surface area (Å²) in [6.45, 7) is 0.